The fourth-order valence-corrected chi connectivity index (χ4v) is 1.21. The minimum Gasteiger partial charge on any atom is -0.391 e. The van der Waals surface area contributed by atoms with E-state index in [1.165, 1.54) is 12.1 Å². The molecule has 94 valence electrons. The van der Waals surface area contributed by atoms with Crippen LogP contribution in [0.25, 0.3) is 0 Å². The average molecular weight is 239 g/mol. The lowest BCUT2D eigenvalue weighted by Crippen LogP contribution is -2.24. The summed E-state index contributed by atoms with van der Waals surface area (Å²) in [5.41, 5.74) is 1.03. The Balaban J connectivity index is 2.59. The standard InChI is InChI=1S/C13H18FNO2/c1-13(2,3)12(8-16)15-17-9-10-5-4-6-11(14)7-10/h4-7,16H,8-9H2,1-3H3. The predicted octanol–water partition coefficient (Wildman–Crippen LogP) is 2.74. The minimum absolute atomic E-state index is 0.146. The first kappa shape index (κ1) is 13.6. The van der Waals surface area contributed by atoms with Gasteiger partial charge in [0, 0.05) is 5.41 Å². The summed E-state index contributed by atoms with van der Waals surface area (Å²) < 4.78 is 12.9. The number of halogens is 1. The number of aliphatic hydroxyl groups is 1. The van der Waals surface area contributed by atoms with Crippen LogP contribution in [-0.4, -0.2) is 17.4 Å². The van der Waals surface area contributed by atoms with Gasteiger partial charge in [-0.15, -0.1) is 0 Å². The molecule has 1 aromatic carbocycles. The summed E-state index contributed by atoms with van der Waals surface area (Å²) in [4.78, 5) is 5.12. The summed E-state index contributed by atoms with van der Waals surface area (Å²) in [6.07, 6.45) is 0. The number of hydrogen-bond donors (Lipinski definition) is 1. The lowest BCUT2D eigenvalue weighted by atomic mass is 9.91. The van der Waals surface area contributed by atoms with E-state index in [2.05, 4.69) is 5.16 Å². The van der Waals surface area contributed by atoms with Gasteiger partial charge >= 0.3 is 0 Å². The Kier molecular flexibility index (Phi) is 4.63. The highest BCUT2D eigenvalue weighted by atomic mass is 19.1. The third-order valence-electron chi connectivity index (χ3n) is 2.31. The number of rotatable bonds is 4. The Bertz CT molecular complexity index is 397. The van der Waals surface area contributed by atoms with E-state index in [1.54, 1.807) is 12.1 Å². The molecule has 4 heteroatoms. The van der Waals surface area contributed by atoms with E-state index in [0.29, 0.717) is 11.3 Å². The molecule has 3 nitrogen and oxygen atoms in total. The van der Waals surface area contributed by atoms with Crippen LogP contribution in [0.5, 0.6) is 0 Å². The van der Waals surface area contributed by atoms with Crippen LogP contribution in [0.1, 0.15) is 26.3 Å². The molecule has 1 N–H and O–H groups in total. The lowest BCUT2D eigenvalue weighted by Gasteiger charge is -2.18. The third-order valence-corrected chi connectivity index (χ3v) is 2.31. The fourth-order valence-electron chi connectivity index (χ4n) is 1.21. The van der Waals surface area contributed by atoms with Crippen LogP contribution in [0.2, 0.25) is 0 Å². The fraction of sp³-hybridized carbons (Fsp3) is 0.462. The Hall–Kier alpha value is -1.42. The zero-order valence-electron chi connectivity index (χ0n) is 10.4. The molecule has 0 unspecified atom stereocenters. The second kappa shape index (κ2) is 5.77. The van der Waals surface area contributed by atoms with Crippen molar-refractivity contribution in [1.82, 2.24) is 0 Å². The van der Waals surface area contributed by atoms with Crippen molar-refractivity contribution in [2.75, 3.05) is 6.61 Å². The van der Waals surface area contributed by atoms with Gasteiger partial charge in [-0.1, -0.05) is 38.1 Å². The first-order valence-electron chi connectivity index (χ1n) is 5.48. The van der Waals surface area contributed by atoms with Gasteiger partial charge in [0.05, 0.1) is 12.3 Å². The summed E-state index contributed by atoms with van der Waals surface area (Å²) in [5, 5.41) is 13.0. The van der Waals surface area contributed by atoms with Gasteiger partial charge in [0.25, 0.3) is 0 Å². The molecule has 0 amide bonds. The van der Waals surface area contributed by atoms with Crippen LogP contribution in [-0.2, 0) is 11.4 Å². The average Bonchev–Trinajstić information content (AvgIpc) is 2.22. The lowest BCUT2D eigenvalue weighted by molar-refractivity contribution is 0.124. The molecular formula is C13H18FNO2. The van der Waals surface area contributed by atoms with Crippen molar-refractivity contribution in [3.05, 3.63) is 35.6 Å². The summed E-state index contributed by atoms with van der Waals surface area (Å²) in [6.45, 7) is 5.86. The maximum absolute atomic E-state index is 12.9. The Morgan fingerprint density at radius 2 is 2.12 bits per heavy atom. The minimum atomic E-state index is -0.298. The Morgan fingerprint density at radius 1 is 1.41 bits per heavy atom. The molecule has 0 atom stereocenters. The molecule has 1 rings (SSSR count). The highest BCUT2D eigenvalue weighted by molar-refractivity contribution is 5.89. The van der Waals surface area contributed by atoms with Gasteiger partial charge in [0.1, 0.15) is 12.4 Å². The quantitative estimate of drug-likeness (QED) is 0.648. The maximum Gasteiger partial charge on any atom is 0.142 e. The van der Waals surface area contributed by atoms with Crippen LogP contribution in [0.15, 0.2) is 29.4 Å². The molecule has 0 aliphatic heterocycles. The molecular weight excluding hydrogens is 221 g/mol. The molecule has 0 saturated carbocycles. The third kappa shape index (κ3) is 4.53. The topological polar surface area (TPSA) is 41.8 Å². The predicted molar refractivity (Wildman–Crippen MR) is 65.2 cm³/mol. The van der Waals surface area contributed by atoms with Gasteiger partial charge in [-0.2, -0.15) is 0 Å². The van der Waals surface area contributed by atoms with Crippen molar-refractivity contribution in [3.63, 3.8) is 0 Å². The molecule has 0 heterocycles. The number of nitrogens with zero attached hydrogens (tertiary/aromatic N) is 1. The van der Waals surface area contributed by atoms with Crippen molar-refractivity contribution in [2.45, 2.75) is 27.4 Å². The molecule has 0 spiro atoms. The SMILES string of the molecule is CC(C)(C)C(CO)=NOCc1cccc(F)c1. The largest absolute Gasteiger partial charge is 0.391 e. The smallest absolute Gasteiger partial charge is 0.142 e. The van der Waals surface area contributed by atoms with Crippen LogP contribution < -0.4 is 0 Å². The van der Waals surface area contributed by atoms with Crippen LogP contribution in [0, 0.1) is 11.2 Å². The van der Waals surface area contributed by atoms with Crippen LogP contribution in [0.4, 0.5) is 4.39 Å². The molecule has 0 saturated heterocycles. The van der Waals surface area contributed by atoms with Crippen molar-refractivity contribution in [3.8, 4) is 0 Å². The molecule has 17 heavy (non-hydrogen) atoms. The van der Waals surface area contributed by atoms with Gasteiger partial charge in [-0.25, -0.2) is 4.39 Å². The molecule has 0 aliphatic rings. The summed E-state index contributed by atoms with van der Waals surface area (Å²) >= 11 is 0. The van der Waals surface area contributed by atoms with E-state index in [4.69, 9.17) is 9.94 Å². The Labute approximate surface area is 101 Å². The van der Waals surface area contributed by atoms with Crippen molar-refractivity contribution >= 4 is 5.71 Å². The van der Waals surface area contributed by atoms with Crippen LogP contribution >= 0.6 is 0 Å². The van der Waals surface area contributed by atoms with Crippen molar-refractivity contribution in [2.24, 2.45) is 10.6 Å². The van der Waals surface area contributed by atoms with E-state index in [-0.39, 0.29) is 24.4 Å². The maximum atomic E-state index is 12.9. The molecule has 0 fully saturated rings. The highest BCUT2D eigenvalue weighted by Gasteiger charge is 2.18. The van der Waals surface area contributed by atoms with Gasteiger partial charge in [0.2, 0.25) is 0 Å². The number of benzene rings is 1. The summed E-state index contributed by atoms with van der Waals surface area (Å²) in [5.74, 6) is -0.298. The van der Waals surface area contributed by atoms with E-state index < -0.39 is 0 Å². The number of aliphatic hydroxyl groups excluding tert-OH is 1. The molecule has 0 aromatic heterocycles. The van der Waals surface area contributed by atoms with Crippen molar-refractivity contribution in [1.29, 1.82) is 0 Å². The van der Waals surface area contributed by atoms with Gasteiger partial charge in [-0.3, -0.25) is 0 Å². The number of oxime groups is 1. The summed E-state index contributed by atoms with van der Waals surface area (Å²) in [6, 6.07) is 6.15. The Morgan fingerprint density at radius 3 is 2.65 bits per heavy atom. The van der Waals surface area contributed by atoms with E-state index >= 15 is 0 Å². The van der Waals surface area contributed by atoms with Gasteiger partial charge < -0.3 is 9.94 Å². The van der Waals surface area contributed by atoms with E-state index in [0.717, 1.165) is 0 Å². The van der Waals surface area contributed by atoms with Gasteiger partial charge in [0.15, 0.2) is 0 Å². The molecule has 1 aromatic rings. The first-order valence-corrected chi connectivity index (χ1v) is 5.48. The van der Waals surface area contributed by atoms with E-state index in [9.17, 15) is 4.39 Å². The molecule has 0 bridgehead atoms. The molecule has 0 radical (unpaired) electrons. The normalized spacial score (nSPS) is 12.6. The van der Waals surface area contributed by atoms with E-state index in [1.807, 2.05) is 20.8 Å². The second-order valence-electron chi connectivity index (χ2n) is 4.85. The van der Waals surface area contributed by atoms with Gasteiger partial charge in [-0.05, 0) is 17.7 Å². The zero-order chi connectivity index (χ0) is 12.9. The van der Waals surface area contributed by atoms with Crippen molar-refractivity contribution < 1.29 is 14.3 Å². The summed E-state index contributed by atoms with van der Waals surface area (Å²) in [7, 11) is 0. The highest BCUT2D eigenvalue weighted by Crippen LogP contribution is 2.16. The van der Waals surface area contributed by atoms with Crippen LogP contribution in [0.3, 0.4) is 0 Å². The zero-order valence-corrected chi connectivity index (χ0v) is 10.4. The first-order chi connectivity index (χ1) is 7.93. The second-order valence-corrected chi connectivity index (χ2v) is 4.85. The number of hydrogen-bond acceptors (Lipinski definition) is 3. The monoisotopic (exact) mass is 239 g/mol. The molecule has 0 aliphatic carbocycles.